The number of para-hydroxylation sites is 1. The third-order valence-electron chi connectivity index (χ3n) is 5.42. The molecule has 2 amide bonds. The first-order valence-electron chi connectivity index (χ1n) is 10.7. The van der Waals surface area contributed by atoms with Crippen molar-refractivity contribution in [3.8, 4) is 11.5 Å². The standard InChI is InChI=1S/C26H25N3O4S/c1-32-22-10-6-9-21(24(22)33-2)15-27-28-25(31)19-11-13-20(14-12-19)26-29(23(30)17-34-26)16-18-7-4-3-5-8-18/h3-15,26H,16-17H2,1-2H3,(H,28,31)/b27-15-/t26-/m0/s1. The van der Waals surface area contributed by atoms with E-state index in [1.165, 1.54) is 6.21 Å². The molecule has 0 aliphatic carbocycles. The van der Waals surface area contributed by atoms with Gasteiger partial charge in [-0.3, -0.25) is 9.59 Å². The highest BCUT2D eigenvalue weighted by molar-refractivity contribution is 8.00. The molecule has 174 valence electrons. The predicted molar refractivity (Wildman–Crippen MR) is 133 cm³/mol. The van der Waals surface area contributed by atoms with Gasteiger partial charge >= 0.3 is 0 Å². The summed E-state index contributed by atoms with van der Waals surface area (Å²) in [7, 11) is 3.11. The minimum atomic E-state index is -0.332. The van der Waals surface area contributed by atoms with Crippen molar-refractivity contribution in [3.05, 3.63) is 95.1 Å². The summed E-state index contributed by atoms with van der Waals surface area (Å²) in [5.74, 6) is 1.35. The van der Waals surface area contributed by atoms with Crippen LogP contribution in [0.25, 0.3) is 0 Å². The molecule has 0 saturated carbocycles. The molecule has 0 aromatic heterocycles. The summed E-state index contributed by atoms with van der Waals surface area (Å²) in [5.41, 5.74) is 5.76. The Morgan fingerprint density at radius 3 is 2.53 bits per heavy atom. The van der Waals surface area contributed by atoms with Gasteiger partial charge in [0.1, 0.15) is 5.37 Å². The maximum atomic E-state index is 12.6. The van der Waals surface area contributed by atoms with Gasteiger partial charge in [0.15, 0.2) is 11.5 Å². The molecule has 0 spiro atoms. The van der Waals surface area contributed by atoms with E-state index < -0.39 is 0 Å². The molecule has 1 fully saturated rings. The van der Waals surface area contributed by atoms with Crippen LogP contribution in [0.1, 0.15) is 32.4 Å². The minimum Gasteiger partial charge on any atom is -0.493 e. The van der Waals surface area contributed by atoms with Crippen LogP contribution in [0.15, 0.2) is 77.9 Å². The van der Waals surface area contributed by atoms with E-state index >= 15 is 0 Å². The van der Waals surface area contributed by atoms with Gasteiger partial charge in [-0.1, -0.05) is 48.5 Å². The molecule has 0 radical (unpaired) electrons. The molecule has 4 rings (SSSR count). The van der Waals surface area contributed by atoms with Crippen molar-refractivity contribution in [3.63, 3.8) is 0 Å². The number of hydrogen-bond acceptors (Lipinski definition) is 6. The Kier molecular flexibility index (Phi) is 7.49. The van der Waals surface area contributed by atoms with Gasteiger partial charge in [0.25, 0.3) is 5.91 Å². The van der Waals surface area contributed by atoms with Crippen molar-refractivity contribution in [2.75, 3.05) is 20.0 Å². The lowest BCUT2D eigenvalue weighted by atomic mass is 10.1. The SMILES string of the molecule is COc1cccc(/C=N\NC(=O)c2ccc([C@@H]3SCC(=O)N3Cc3ccccc3)cc2)c1OC. The molecule has 1 N–H and O–H groups in total. The van der Waals surface area contributed by atoms with Gasteiger partial charge in [-0.2, -0.15) is 5.10 Å². The van der Waals surface area contributed by atoms with Crippen LogP contribution in [0.4, 0.5) is 0 Å². The molecule has 1 saturated heterocycles. The highest BCUT2D eigenvalue weighted by Gasteiger charge is 2.32. The van der Waals surface area contributed by atoms with Crippen LogP contribution in [0.5, 0.6) is 11.5 Å². The van der Waals surface area contributed by atoms with E-state index in [1.54, 1.807) is 44.2 Å². The number of nitrogens with zero attached hydrogens (tertiary/aromatic N) is 2. The van der Waals surface area contributed by atoms with E-state index in [0.717, 1.165) is 11.1 Å². The second-order valence-corrected chi connectivity index (χ2v) is 8.64. The molecule has 1 atom stereocenters. The van der Waals surface area contributed by atoms with E-state index in [-0.39, 0.29) is 17.2 Å². The fourth-order valence-corrected chi connectivity index (χ4v) is 4.91. The molecule has 1 heterocycles. The number of nitrogens with one attached hydrogen (secondary N) is 1. The molecule has 0 bridgehead atoms. The van der Waals surface area contributed by atoms with Gasteiger partial charge in [0.2, 0.25) is 5.91 Å². The Bertz CT molecular complexity index is 1180. The molecular formula is C26H25N3O4S. The quantitative estimate of drug-likeness (QED) is 0.389. The largest absolute Gasteiger partial charge is 0.493 e. The minimum absolute atomic E-state index is 0.0802. The summed E-state index contributed by atoms with van der Waals surface area (Å²) < 4.78 is 10.6. The lowest BCUT2D eigenvalue weighted by Gasteiger charge is -2.24. The van der Waals surface area contributed by atoms with E-state index in [1.807, 2.05) is 59.5 Å². The average molecular weight is 476 g/mol. The molecule has 34 heavy (non-hydrogen) atoms. The second kappa shape index (κ2) is 10.9. The molecular weight excluding hydrogens is 450 g/mol. The van der Waals surface area contributed by atoms with Gasteiger partial charge in [-0.15, -0.1) is 11.8 Å². The van der Waals surface area contributed by atoms with Gasteiger partial charge < -0.3 is 14.4 Å². The Labute approximate surface area is 202 Å². The van der Waals surface area contributed by atoms with Gasteiger partial charge in [-0.25, -0.2) is 5.43 Å². The fraction of sp³-hybridized carbons (Fsp3) is 0.192. The highest BCUT2D eigenvalue weighted by atomic mass is 32.2. The average Bonchev–Trinajstić information content (AvgIpc) is 3.24. The van der Waals surface area contributed by atoms with E-state index in [2.05, 4.69) is 10.5 Å². The van der Waals surface area contributed by atoms with Crippen LogP contribution in [0.3, 0.4) is 0 Å². The lowest BCUT2D eigenvalue weighted by Crippen LogP contribution is -2.27. The molecule has 3 aromatic rings. The number of rotatable bonds is 8. The van der Waals surface area contributed by atoms with E-state index in [0.29, 0.717) is 34.9 Å². The van der Waals surface area contributed by atoms with Crippen molar-refractivity contribution >= 4 is 29.8 Å². The zero-order valence-corrected chi connectivity index (χ0v) is 19.7. The summed E-state index contributed by atoms with van der Waals surface area (Å²) >= 11 is 1.59. The number of hydrogen-bond donors (Lipinski definition) is 1. The Morgan fingerprint density at radius 2 is 1.82 bits per heavy atom. The number of methoxy groups -OCH3 is 2. The van der Waals surface area contributed by atoms with Crippen molar-refractivity contribution in [2.45, 2.75) is 11.9 Å². The first-order chi connectivity index (χ1) is 16.6. The van der Waals surface area contributed by atoms with Crippen molar-refractivity contribution in [2.24, 2.45) is 5.10 Å². The smallest absolute Gasteiger partial charge is 0.271 e. The summed E-state index contributed by atoms with van der Waals surface area (Å²) in [4.78, 5) is 26.9. The first-order valence-corrected chi connectivity index (χ1v) is 11.7. The van der Waals surface area contributed by atoms with Crippen molar-refractivity contribution < 1.29 is 19.1 Å². The van der Waals surface area contributed by atoms with Crippen LogP contribution in [0, 0.1) is 0 Å². The normalized spacial score (nSPS) is 15.5. The number of thioether (sulfide) groups is 1. The number of ether oxygens (including phenoxy) is 2. The maximum Gasteiger partial charge on any atom is 0.271 e. The molecule has 1 aliphatic rings. The van der Waals surface area contributed by atoms with Crippen LogP contribution >= 0.6 is 11.8 Å². The third-order valence-corrected chi connectivity index (χ3v) is 6.68. The van der Waals surface area contributed by atoms with Crippen LogP contribution in [-0.4, -0.2) is 42.9 Å². The van der Waals surface area contributed by atoms with Crippen LogP contribution < -0.4 is 14.9 Å². The maximum absolute atomic E-state index is 12.6. The van der Waals surface area contributed by atoms with E-state index in [4.69, 9.17) is 9.47 Å². The summed E-state index contributed by atoms with van der Waals surface area (Å²) in [6.45, 7) is 0.558. The van der Waals surface area contributed by atoms with Crippen molar-refractivity contribution in [1.29, 1.82) is 0 Å². The number of amides is 2. The number of carbonyl (C=O) groups is 2. The first kappa shape index (κ1) is 23.4. The summed E-state index contributed by atoms with van der Waals surface area (Å²) in [6, 6.07) is 22.6. The summed E-state index contributed by atoms with van der Waals surface area (Å²) in [6.07, 6.45) is 1.51. The topological polar surface area (TPSA) is 80.2 Å². The van der Waals surface area contributed by atoms with Crippen molar-refractivity contribution in [1.82, 2.24) is 10.3 Å². The molecule has 8 heteroatoms. The monoisotopic (exact) mass is 475 g/mol. The number of carbonyl (C=O) groups excluding carboxylic acids is 2. The predicted octanol–water partition coefficient (Wildman–Crippen LogP) is 4.24. The molecule has 3 aromatic carbocycles. The van der Waals surface area contributed by atoms with Crippen LogP contribution in [-0.2, 0) is 11.3 Å². The van der Waals surface area contributed by atoms with Gasteiger partial charge in [0.05, 0.1) is 26.2 Å². The Morgan fingerprint density at radius 1 is 1.06 bits per heavy atom. The third kappa shape index (κ3) is 5.23. The Balaban J connectivity index is 1.42. The van der Waals surface area contributed by atoms with Crippen LogP contribution in [0.2, 0.25) is 0 Å². The number of hydrazone groups is 1. The summed E-state index contributed by atoms with van der Waals surface area (Å²) in [5, 5.41) is 3.97. The Hall–Kier alpha value is -3.78. The zero-order chi connectivity index (χ0) is 23.9. The second-order valence-electron chi connectivity index (χ2n) is 7.57. The molecule has 0 unspecified atom stereocenters. The molecule has 1 aliphatic heterocycles. The van der Waals surface area contributed by atoms with Gasteiger partial charge in [0, 0.05) is 17.7 Å². The number of benzene rings is 3. The zero-order valence-electron chi connectivity index (χ0n) is 18.9. The van der Waals surface area contributed by atoms with E-state index in [9.17, 15) is 9.59 Å². The fourth-order valence-electron chi connectivity index (χ4n) is 3.72. The lowest BCUT2D eigenvalue weighted by molar-refractivity contribution is -0.128. The highest BCUT2D eigenvalue weighted by Crippen LogP contribution is 2.39. The van der Waals surface area contributed by atoms with Gasteiger partial charge in [-0.05, 0) is 35.4 Å². The molecule has 7 nitrogen and oxygen atoms in total.